The molecule has 13 heavy (non-hydrogen) atoms. The van der Waals surface area contributed by atoms with Crippen molar-refractivity contribution in [2.45, 2.75) is 13.0 Å². The average Bonchev–Trinajstić information content (AvgIpc) is 2.15. The topological polar surface area (TPSA) is 20.2 Å². The Morgan fingerprint density at radius 1 is 1.31 bits per heavy atom. The Morgan fingerprint density at radius 3 is 2.77 bits per heavy atom. The monoisotopic (exact) mass is 190 g/mol. The fourth-order valence-electron chi connectivity index (χ4n) is 1.55. The summed E-state index contributed by atoms with van der Waals surface area (Å²) in [6, 6.07) is 7.78. The maximum absolute atomic E-state index is 9.82. The first-order valence-electron chi connectivity index (χ1n) is 4.19. The molecule has 0 heterocycles. The molecular weight excluding hydrogens is 180 g/mol. The van der Waals surface area contributed by atoms with Crippen LogP contribution >= 0.6 is 12.2 Å². The molecule has 0 saturated heterocycles. The summed E-state index contributed by atoms with van der Waals surface area (Å²) in [7, 11) is 0. The zero-order valence-electron chi connectivity index (χ0n) is 7.32. The van der Waals surface area contributed by atoms with Crippen molar-refractivity contribution in [1.82, 2.24) is 0 Å². The third kappa shape index (κ3) is 1.32. The summed E-state index contributed by atoms with van der Waals surface area (Å²) in [6.45, 7) is 1.93. The van der Waals surface area contributed by atoms with Crippen molar-refractivity contribution in [2.24, 2.45) is 0 Å². The van der Waals surface area contributed by atoms with E-state index in [1.54, 1.807) is 0 Å². The zero-order valence-corrected chi connectivity index (χ0v) is 8.14. The van der Waals surface area contributed by atoms with Crippen molar-refractivity contribution in [3.8, 4) is 0 Å². The Bertz CT molecular complexity index is 393. The third-order valence-corrected chi connectivity index (χ3v) is 2.84. The van der Waals surface area contributed by atoms with Crippen molar-refractivity contribution in [3.05, 3.63) is 41.0 Å². The predicted octanol–water partition coefficient (Wildman–Crippen LogP) is 2.51. The van der Waals surface area contributed by atoms with Crippen LogP contribution in [0.3, 0.4) is 0 Å². The molecule has 0 fully saturated rings. The van der Waals surface area contributed by atoms with Crippen LogP contribution in [0.5, 0.6) is 0 Å². The molecule has 1 nitrogen and oxygen atoms in total. The predicted molar refractivity (Wildman–Crippen MR) is 57.7 cm³/mol. The van der Waals surface area contributed by atoms with Crippen LogP contribution in [0.1, 0.15) is 24.2 Å². The summed E-state index contributed by atoms with van der Waals surface area (Å²) >= 11 is 5.11. The quantitative estimate of drug-likeness (QED) is 0.634. The van der Waals surface area contributed by atoms with Gasteiger partial charge in [0.25, 0.3) is 0 Å². The maximum atomic E-state index is 9.82. The molecule has 1 N–H and O–H groups in total. The number of aliphatic hydroxyl groups is 1. The van der Waals surface area contributed by atoms with Gasteiger partial charge in [0.2, 0.25) is 0 Å². The molecular formula is C11H10OS. The van der Waals surface area contributed by atoms with E-state index in [1.807, 2.05) is 37.3 Å². The number of rotatable bonds is 0. The number of hydrogen-bond donors (Lipinski definition) is 1. The van der Waals surface area contributed by atoms with Gasteiger partial charge in [-0.3, -0.25) is 0 Å². The molecule has 0 saturated carbocycles. The van der Waals surface area contributed by atoms with Crippen LogP contribution in [-0.4, -0.2) is 9.97 Å². The standard InChI is InChI=1S/C11H10OS/c1-7-6-8-4-2-3-5-9(8)10(12)11(7)13/h2-6,10,12H,1H3. The summed E-state index contributed by atoms with van der Waals surface area (Å²) in [5.41, 5.74) is 2.97. The minimum absolute atomic E-state index is 0.601. The first kappa shape index (κ1) is 8.60. The molecule has 1 aliphatic rings. The summed E-state index contributed by atoms with van der Waals surface area (Å²) in [4.78, 5) is 0.638. The Balaban J connectivity index is 2.63. The van der Waals surface area contributed by atoms with Gasteiger partial charge in [-0.15, -0.1) is 0 Å². The molecule has 1 aliphatic carbocycles. The molecule has 2 heteroatoms. The van der Waals surface area contributed by atoms with Crippen LogP contribution in [0.25, 0.3) is 6.08 Å². The molecule has 0 bridgehead atoms. The average molecular weight is 190 g/mol. The number of aliphatic hydroxyl groups excluding tert-OH is 1. The van der Waals surface area contributed by atoms with Crippen LogP contribution in [-0.2, 0) is 0 Å². The Morgan fingerprint density at radius 2 is 2.00 bits per heavy atom. The minimum Gasteiger partial charge on any atom is -0.383 e. The second kappa shape index (κ2) is 3.05. The van der Waals surface area contributed by atoms with E-state index in [1.165, 1.54) is 0 Å². The van der Waals surface area contributed by atoms with Crippen molar-refractivity contribution in [3.63, 3.8) is 0 Å². The van der Waals surface area contributed by atoms with Gasteiger partial charge in [-0.1, -0.05) is 42.6 Å². The first-order valence-corrected chi connectivity index (χ1v) is 4.60. The van der Waals surface area contributed by atoms with Gasteiger partial charge in [-0.2, -0.15) is 0 Å². The molecule has 0 aliphatic heterocycles. The van der Waals surface area contributed by atoms with Gasteiger partial charge in [-0.05, 0) is 23.6 Å². The number of hydrogen-bond acceptors (Lipinski definition) is 2. The highest BCUT2D eigenvalue weighted by Crippen LogP contribution is 2.29. The fourth-order valence-corrected chi connectivity index (χ4v) is 1.74. The highest BCUT2D eigenvalue weighted by molar-refractivity contribution is 7.81. The van der Waals surface area contributed by atoms with Crippen molar-refractivity contribution in [1.29, 1.82) is 0 Å². The van der Waals surface area contributed by atoms with Gasteiger partial charge in [0, 0.05) is 0 Å². The smallest absolute Gasteiger partial charge is 0.115 e. The van der Waals surface area contributed by atoms with E-state index < -0.39 is 6.10 Å². The van der Waals surface area contributed by atoms with Crippen molar-refractivity contribution in [2.75, 3.05) is 0 Å². The van der Waals surface area contributed by atoms with Crippen LogP contribution in [0.4, 0.5) is 0 Å². The lowest BCUT2D eigenvalue weighted by Gasteiger charge is -2.20. The van der Waals surface area contributed by atoms with Gasteiger partial charge in [-0.25, -0.2) is 0 Å². The minimum atomic E-state index is -0.601. The van der Waals surface area contributed by atoms with E-state index in [4.69, 9.17) is 12.2 Å². The fraction of sp³-hybridized carbons (Fsp3) is 0.182. The summed E-state index contributed by atoms with van der Waals surface area (Å²) in [5, 5.41) is 9.82. The molecule has 2 rings (SSSR count). The molecule has 1 atom stereocenters. The Hall–Kier alpha value is -0.990. The van der Waals surface area contributed by atoms with Gasteiger partial charge in [0.05, 0.1) is 4.86 Å². The van der Waals surface area contributed by atoms with Crippen LogP contribution in [0.15, 0.2) is 29.8 Å². The molecule has 1 unspecified atom stereocenters. The third-order valence-electron chi connectivity index (χ3n) is 2.30. The number of fused-ring (bicyclic) bond motifs is 1. The van der Waals surface area contributed by atoms with Gasteiger partial charge >= 0.3 is 0 Å². The second-order valence-corrected chi connectivity index (χ2v) is 3.66. The molecule has 66 valence electrons. The maximum Gasteiger partial charge on any atom is 0.115 e. The Kier molecular flexibility index (Phi) is 2.02. The van der Waals surface area contributed by atoms with Crippen LogP contribution in [0.2, 0.25) is 0 Å². The first-order chi connectivity index (χ1) is 6.20. The molecule has 0 radical (unpaired) electrons. The van der Waals surface area contributed by atoms with Crippen molar-refractivity contribution >= 4 is 23.2 Å². The van der Waals surface area contributed by atoms with Gasteiger partial charge in [0.1, 0.15) is 6.10 Å². The number of thiocarbonyl (C=S) groups is 1. The second-order valence-electron chi connectivity index (χ2n) is 3.22. The van der Waals surface area contributed by atoms with E-state index in [0.29, 0.717) is 4.86 Å². The molecule has 1 aromatic rings. The van der Waals surface area contributed by atoms with Crippen molar-refractivity contribution < 1.29 is 5.11 Å². The molecule has 1 aromatic carbocycles. The lowest BCUT2D eigenvalue weighted by atomic mass is 9.90. The van der Waals surface area contributed by atoms with Crippen LogP contribution in [0, 0.1) is 0 Å². The summed E-state index contributed by atoms with van der Waals surface area (Å²) in [6.07, 6.45) is 1.42. The van der Waals surface area contributed by atoms with E-state index in [-0.39, 0.29) is 0 Å². The van der Waals surface area contributed by atoms with E-state index >= 15 is 0 Å². The molecule has 0 amide bonds. The normalized spacial score (nSPS) is 20.9. The lowest BCUT2D eigenvalue weighted by Crippen LogP contribution is -2.15. The van der Waals surface area contributed by atoms with E-state index in [2.05, 4.69) is 0 Å². The Labute approximate surface area is 82.7 Å². The van der Waals surface area contributed by atoms with Gasteiger partial charge in [0.15, 0.2) is 0 Å². The zero-order chi connectivity index (χ0) is 9.42. The highest BCUT2D eigenvalue weighted by atomic mass is 32.1. The van der Waals surface area contributed by atoms with Crippen LogP contribution < -0.4 is 0 Å². The van der Waals surface area contributed by atoms with E-state index in [9.17, 15) is 5.11 Å². The SMILES string of the molecule is CC1=Cc2ccccc2C(O)C1=S. The molecule has 0 spiro atoms. The lowest BCUT2D eigenvalue weighted by molar-refractivity contribution is 0.249. The summed E-state index contributed by atoms with van der Waals surface area (Å²) < 4.78 is 0. The molecule has 0 aromatic heterocycles. The highest BCUT2D eigenvalue weighted by Gasteiger charge is 2.21. The van der Waals surface area contributed by atoms with Gasteiger partial charge < -0.3 is 5.11 Å². The largest absolute Gasteiger partial charge is 0.383 e. The number of benzene rings is 1. The van der Waals surface area contributed by atoms with E-state index in [0.717, 1.165) is 16.7 Å². The summed E-state index contributed by atoms with van der Waals surface area (Å²) in [5.74, 6) is 0.